The van der Waals surface area contributed by atoms with Crippen LogP contribution in [-0.4, -0.2) is 135 Å². The second kappa shape index (κ2) is 21.7. The number of nitriles is 1. The van der Waals surface area contributed by atoms with Crippen LogP contribution in [0.5, 0.6) is 5.75 Å². The number of benzene rings is 3. The third kappa shape index (κ3) is 11.2. The molecule has 3 aromatic carbocycles. The van der Waals surface area contributed by atoms with Crippen LogP contribution in [0, 0.1) is 37.0 Å². The van der Waals surface area contributed by atoms with Gasteiger partial charge in [0.25, 0.3) is 17.0 Å². The van der Waals surface area contributed by atoms with Crippen molar-refractivity contribution in [2.45, 2.75) is 65.0 Å². The Balaban J connectivity index is 0.622. The van der Waals surface area contributed by atoms with Gasteiger partial charge < -0.3 is 19.4 Å². The van der Waals surface area contributed by atoms with E-state index < -0.39 is 11.9 Å². The lowest BCUT2D eigenvalue weighted by Crippen LogP contribution is -2.49. The predicted octanol–water partition coefficient (Wildman–Crippen LogP) is 5.22. The van der Waals surface area contributed by atoms with Crippen LogP contribution >= 0.6 is 0 Å². The number of hydrogen-bond acceptors (Lipinski definition) is 14. The van der Waals surface area contributed by atoms with Crippen molar-refractivity contribution >= 4 is 28.3 Å². The van der Waals surface area contributed by atoms with E-state index in [0.717, 1.165) is 118 Å². The molecule has 17 heteroatoms. The van der Waals surface area contributed by atoms with E-state index >= 15 is 0 Å². The lowest BCUT2D eigenvalue weighted by atomic mass is 9.95. The minimum atomic E-state index is -0.781. The summed E-state index contributed by atoms with van der Waals surface area (Å²) in [4.78, 5) is 70.2. The number of amides is 2. The molecule has 6 aromatic rings. The van der Waals surface area contributed by atoms with E-state index in [1.54, 1.807) is 30.6 Å². The van der Waals surface area contributed by atoms with Gasteiger partial charge in [0.1, 0.15) is 6.04 Å². The molecule has 17 nitrogen and oxygen atoms in total. The molecule has 4 fully saturated rings. The third-order valence-electron chi connectivity index (χ3n) is 15.1. The molecule has 0 saturated carbocycles. The molecule has 72 heavy (non-hydrogen) atoms. The Morgan fingerprint density at radius 3 is 2.15 bits per heavy atom. The summed E-state index contributed by atoms with van der Waals surface area (Å²) in [6.07, 6.45) is 8.63. The smallest absolute Gasteiger partial charge is 0.275 e. The van der Waals surface area contributed by atoms with E-state index in [1.807, 2.05) is 49.4 Å². The predicted molar refractivity (Wildman–Crippen MR) is 275 cm³/mol. The zero-order chi connectivity index (χ0) is 49.7. The number of imide groups is 1. The number of nitrogens with one attached hydrogen (secondary N) is 1. The molecule has 2 amide bonds. The van der Waals surface area contributed by atoms with Crippen molar-refractivity contribution < 1.29 is 14.3 Å². The Bertz CT molecular complexity index is 3110. The highest BCUT2D eigenvalue weighted by Crippen LogP contribution is 2.30. The van der Waals surface area contributed by atoms with Gasteiger partial charge in [-0.05, 0) is 131 Å². The summed E-state index contributed by atoms with van der Waals surface area (Å²) in [6, 6.07) is 23.6. The van der Waals surface area contributed by atoms with Crippen LogP contribution < -0.4 is 26.1 Å². The number of aromatic nitrogens is 6. The number of likely N-dealkylation sites (tertiary alicyclic amines) is 2. The molecule has 4 saturated heterocycles. The fourth-order valence-electron chi connectivity index (χ4n) is 10.8. The van der Waals surface area contributed by atoms with Crippen molar-refractivity contribution in [3.63, 3.8) is 0 Å². The molecule has 0 aliphatic carbocycles. The van der Waals surface area contributed by atoms with Gasteiger partial charge in [0, 0.05) is 80.5 Å². The van der Waals surface area contributed by atoms with E-state index in [2.05, 4.69) is 64.1 Å². The minimum Gasteiger partial charge on any atom is -0.490 e. The Morgan fingerprint density at radius 1 is 0.722 bits per heavy atom. The first kappa shape index (κ1) is 48.5. The van der Waals surface area contributed by atoms with Crippen molar-refractivity contribution in [2.24, 2.45) is 11.8 Å². The Morgan fingerprint density at radius 2 is 1.43 bits per heavy atom. The largest absolute Gasteiger partial charge is 0.490 e. The highest BCUT2D eigenvalue weighted by Gasteiger charge is 2.31. The summed E-state index contributed by atoms with van der Waals surface area (Å²) in [6.45, 7) is 16.6. The van der Waals surface area contributed by atoms with Gasteiger partial charge in [-0.25, -0.2) is 19.3 Å². The van der Waals surface area contributed by atoms with Crippen molar-refractivity contribution in [1.82, 2.24) is 49.5 Å². The van der Waals surface area contributed by atoms with E-state index in [1.165, 1.54) is 28.3 Å². The van der Waals surface area contributed by atoms with Gasteiger partial charge in [-0.2, -0.15) is 15.5 Å². The molecule has 4 aliphatic rings. The molecule has 7 heterocycles. The first-order valence-corrected chi connectivity index (χ1v) is 25.5. The number of hydrogen-bond donors (Lipinski definition) is 1. The molecular weight excluding hydrogens is 909 g/mol. The van der Waals surface area contributed by atoms with Crippen LogP contribution in [0.2, 0.25) is 0 Å². The average Bonchev–Trinajstić information content (AvgIpc) is 3.40. The first-order chi connectivity index (χ1) is 35.0. The van der Waals surface area contributed by atoms with Crippen molar-refractivity contribution in [2.75, 3.05) is 83.5 Å². The van der Waals surface area contributed by atoms with Crippen molar-refractivity contribution in [3.8, 4) is 34.5 Å². The van der Waals surface area contributed by atoms with Gasteiger partial charge in [-0.1, -0.05) is 30.3 Å². The summed E-state index contributed by atoms with van der Waals surface area (Å²) in [5.41, 5.74) is 6.01. The van der Waals surface area contributed by atoms with Gasteiger partial charge in [0.15, 0.2) is 11.6 Å². The molecule has 1 atom stereocenters. The fraction of sp³-hybridized carbons (Fsp3) is 0.436. The van der Waals surface area contributed by atoms with E-state index in [0.29, 0.717) is 52.4 Å². The van der Waals surface area contributed by atoms with Gasteiger partial charge in [-0.3, -0.25) is 29.4 Å². The maximum Gasteiger partial charge on any atom is 0.275 e. The molecule has 372 valence electrons. The number of carbonyl (C=O) groups excluding carboxylic acids is 2. The van der Waals surface area contributed by atoms with Crippen LogP contribution in [0.3, 0.4) is 0 Å². The van der Waals surface area contributed by atoms with Crippen molar-refractivity contribution in [1.29, 1.82) is 5.26 Å². The molecule has 1 unspecified atom stereocenters. The normalized spacial score (nSPS) is 18.8. The number of carbonyl (C=O) groups is 2. The quantitative estimate of drug-likeness (QED) is 0.140. The molecular formula is C55H62N12O5. The van der Waals surface area contributed by atoms with E-state index in [-0.39, 0.29) is 36.4 Å². The molecule has 10 rings (SSSR count). The number of rotatable bonds is 14. The summed E-state index contributed by atoms with van der Waals surface area (Å²) >= 11 is 0. The standard InChI is InChI=1S/C55H62N12O5/c1-37-27-47-46(38(2)60-67(55(47)71)49-10-11-51(68)59-54(49)70)30-50(37)65-25-23-64(24-26-65)34-39-13-17-62(18-14-39)21-22-63-19-15-40(16-20-63)36-72-45-32-57-53(58-33-45)44-8-4-6-42(29-44)35-66-52(69)12-9-48(61-66)43-7-3-5-41(28-43)31-56/h3-9,12,27-30,32-33,39-40,49H,10-11,13-26,34-36H2,1-2H3,(H,59,68,70). The number of anilines is 1. The average molecular weight is 971 g/mol. The summed E-state index contributed by atoms with van der Waals surface area (Å²) in [5.74, 6) is 1.66. The zero-order valence-corrected chi connectivity index (χ0v) is 41.2. The molecule has 0 bridgehead atoms. The zero-order valence-electron chi connectivity index (χ0n) is 41.2. The molecule has 0 spiro atoms. The summed E-state index contributed by atoms with van der Waals surface area (Å²) < 4.78 is 8.89. The van der Waals surface area contributed by atoms with Crippen LogP contribution in [0.4, 0.5) is 5.69 Å². The second-order valence-corrected chi connectivity index (χ2v) is 20.0. The van der Waals surface area contributed by atoms with Gasteiger partial charge >= 0.3 is 0 Å². The highest BCUT2D eigenvalue weighted by molar-refractivity contribution is 5.99. The van der Waals surface area contributed by atoms with Crippen molar-refractivity contribution in [3.05, 3.63) is 128 Å². The molecule has 4 aliphatic heterocycles. The second-order valence-electron chi connectivity index (χ2n) is 20.0. The van der Waals surface area contributed by atoms with Gasteiger partial charge in [0.05, 0.1) is 54.0 Å². The monoisotopic (exact) mass is 970 g/mol. The van der Waals surface area contributed by atoms with Gasteiger partial charge in [-0.15, -0.1) is 0 Å². The van der Waals surface area contributed by atoms with Crippen LogP contribution in [-0.2, 0) is 16.1 Å². The lowest BCUT2D eigenvalue weighted by Gasteiger charge is -2.40. The molecule has 1 N–H and O–H groups in total. The lowest BCUT2D eigenvalue weighted by molar-refractivity contribution is -0.136. The highest BCUT2D eigenvalue weighted by atomic mass is 16.5. The first-order valence-electron chi connectivity index (χ1n) is 25.5. The third-order valence-corrected chi connectivity index (χ3v) is 15.1. The van der Waals surface area contributed by atoms with E-state index in [4.69, 9.17) is 4.74 Å². The maximum atomic E-state index is 13.6. The topological polar surface area (TPSA) is 188 Å². The van der Waals surface area contributed by atoms with Gasteiger partial charge in [0.2, 0.25) is 5.91 Å². The molecule has 0 radical (unpaired) electrons. The fourth-order valence-corrected chi connectivity index (χ4v) is 10.8. The number of aryl methyl sites for hydroxylation is 2. The minimum absolute atomic E-state index is 0.191. The Kier molecular flexibility index (Phi) is 14.6. The van der Waals surface area contributed by atoms with Crippen LogP contribution in [0.15, 0.2) is 94.8 Å². The number of piperazine rings is 1. The summed E-state index contributed by atoms with van der Waals surface area (Å²) in [5, 5.41) is 22.2. The van der Waals surface area contributed by atoms with E-state index in [9.17, 15) is 24.4 Å². The SMILES string of the molecule is Cc1cc2c(=O)n(C3CCC(=O)NC3=O)nc(C)c2cc1N1CCN(CC2CCN(CCN3CCC(COc4cnc(-c5cccc(Cn6nc(-c7cccc(C#N)c7)ccc6=O)c5)nc4)CC3)CC2)CC1. The maximum absolute atomic E-state index is 13.6. The Hall–Kier alpha value is -7.13. The summed E-state index contributed by atoms with van der Waals surface area (Å²) in [7, 11) is 0. The number of fused-ring (bicyclic) bond motifs is 1. The number of piperidine rings is 3. The van der Waals surface area contributed by atoms with Crippen LogP contribution in [0.1, 0.15) is 67.0 Å². The molecule has 3 aromatic heterocycles. The Labute approximate surface area is 419 Å². The number of ether oxygens (including phenoxy) is 1. The number of nitrogens with zero attached hydrogens (tertiary/aromatic N) is 11. The van der Waals surface area contributed by atoms with Crippen LogP contribution in [0.25, 0.3) is 33.4 Å².